The van der Waals surface area contributed by atoms with Crippen LogP contribution in [0, 0.1) is 0 Å². The van der Waals surface area contributed by atoms with Crippen LogP contribution >= 0.6 is 0 Å². The molecule has 0 radical (unpaired) electrons. The number of rotatable bonds is 3. The van der Waals surface area contributed by atoms with E-state index in [4.69, 9.17) is 9.47 Å². The second-order valence-corrected chi connectivity index (χ2v) is 8.40. The summed E-state index contributed by atoms with van der Waals surface area (Å²) in [6.07, 6.45) is 7.52. The molecule has 1 N–H and O–H groups in total. The molecule has 32 heavy (non-hydrogen) atoms. The largest absolute Gasteiger partial charge is 0.491 e. The van der Waals surface area contributed by atoms with Crippen molar-refractivity contribution in [2.24, 2.45) is 0 Å². The number of nitrogens with one attached hydrogen (secondary N) is 1. The lowest BCUT2D eigenvalue weighted by Gasteiger charge is -2.42. The molecule has 172 valence electrons. The van der Waals surface area contributed by atoms with Crippen LogP contribution in [0.2, 0.25) is 0 Å². The third-order valence-corrected chi connectivity index (χ3v) is 6.27. The number of nitrogens with zero attached hydrogens (tertiary/aromatic N) is 3. The van der Waals surface area contributed by atoms with E-state index < -0.39 is 5.60 Å². The first-order valence-electron chi connectivity index (χ1n) is 11.5. The van der Waals surface area contributed by atoms with Crippen molar-refractivity contribution >= 4 is 11.8 Å². The average Bonchev–Trinajstić information content (AvgIpc) is 3.26. The number of carbonyl (C=O) groups is 2. The maximum absolute atomic E-state index is 13.2. The van der Waals surface area contributed by atoms with Crippen molar-refractivity contribution in [1.82, 2.24) is 19.8 Å². The number of fused-ring (bicyclic) bond motifs is 1. The predicted molar refractivity (Wildman–Crippen MR) is 119 cm³/mol. The van der Waals surface area contributed by atoms with Crippen molar-refractivity contribution in [3.05, 3.63) is 48.0 Å². The Hall–Kier alpha value is -2.87. The normalized spacial score (nSPS) is 22.3. The number of morpholine rings is 1. The fourth-order valence-corrected chi connectivity index (χ4v) is 4.51. The Morgan fingerprint density at radius 3 is 3.00 bits per heavy atom. The number of benzene rings is 1. The fraction of sp³-hybridized carbons (Fsp3) is 0.542. The summed E-state index contributed by atoms with van der Waals surface area (Å²) in [5, 5.41) is 2.97. The molecule has 2 aromatic rings. The quantitative estimate of drug-likeness (QED) is 0.789. The van der Waals surface area contributed by atoms with E-state index in [0.29, 0.717) is 32.7 Å². The number of aryl methyl sites for hydroxylation is 2. The van der Waals surface area contributed by atoms with E-state index in [-0.39, 0.29) is 24.9 Å². The van der Waals surface area contributed by atoms with Crippen molar-refractivity contribution in [3.8, 4) is 5.75 Å². The molecule has 2 amide bonds. The molecule has 1 spiro atoms. The molecule has 0 aliphatic carbocycles. The van der Waals surface area contributed by atoms with Crippen LogP contribution in [0.15, 0.2) is 36.7 Å². The maximum Gasteiger partial charge on any atom is 0.254 e. The summed E-state index contributed by atoms with van der Waals surface area (Å²) in [5.74, 6) is 1.58. The zero-order valence-electron chi connectivity index (χ0n) is 18.7. The van der Waals surface area contributed by atoms with Crippen LogP contribution < -0.4 is 10.1 Å². The second kappa shape index (κ2) is 10.2. The zero-order valence-corrected chi connectivity index (χ0v) is 18.7. The Morgan fingerprint density at radius 1 is 1.25 bits per heavy atom. The van der Waals surface area contributed by atoms with Gasteiger partial charge >= 0.3 is 0 Å². The first kappa shape index (κ1) is 22.3. The van der Waals surface area contributed by atoms with Gasteiger partial charge in [-0.1, -0.05) is 25.1 Å². The van der Waals surface area contributed by atoms with Gasteiger partial charge in [-0.2, -0.15) is 0 Å². The molecular weight excluding hydrogens is 408 g/mol. The summed E-state index contributed by atoms with van der Waals surface area (Å²) in [7, 11) is 0. The molecule has 4 rings (SSSR count). The smallest absolute Gasteiger partial charge is 0.254 e. The number of carbonyl (C=O) groups excluding carboxylic acids is 2. The molecule has 2 aliphatic heterocycles. The van der Waals surface area contributed by atoms with E-state index in [2.05, 4.69) is 16.4 Å². The van der Waals surface area contributed by atoms with Crippen LogP contribution in [0.5, 0.6) is 5.75 Å². The molecule has 8 heteroatoms. The van der Waals surface area contributed by atoms with Crippen LogP contribution in [0.1, 0.15) is 37.6 Å². The van der Waals surface area contributed by atoms with Gasteiger partial charge in [0.05, 0.1) is 19.7 Å². The molecule has 1 fully saturated rings. The van der Waals surface area contributed by atoms with Crippen LogP contribution in [-0.4, -0.2) is 64.7 Å². The van der Waals surface area contributed by atoms with E-state index >= 15 is 0 Å². The summed E-state index contributed by atoms with van der Waals surface area (Å²) in [4.78, 5) is 32.3. The lowest BCUT2D eigenvalue weighted by molar-refractivity contribution is -0.168. The minimum atomic E-state index is -1.02. The summed E-state index contributed by atoms with van der Waals surface area (Å²) in [6.45, 7) is 4.13. The highest BCUT2D eigenvalue weighted by atomic mass is 16.5. The monoisotopic (exact) mass is 440 g/mol. The van der Waals surface area contributed by atoms with Gasteiger partial charge in [-0.15, -0.1) is 0 Å². The number of amides is 2. The highest BCUT2D eigenvalue weighted by molar-refractivity contribution is 5.87. The maximum atomic E-state index is 13.2. The number of hydrogen-bond donors (Lipinski definition) is 1. The first-order chi connectivity index (χ1) is 15.6. The molecule has 1 aromatic carbocycles. The Morgan fingerprint density at radius 2 is 2.12 bits per heavy atom. The van der Waals surface area contributed by atoms with E-state index in [1.54, 1.807) is 11.1 Å². The fourth-order valence-electron chi connectivity index (χ4n) is 4.51. The number of imidazole rings is 1. The number of hydrogen-bond acceptors (Lipinski definition) is 5. The molecule has 1 aromatic heterocycles. The highest BCUT2D eigenvalue weighted by Gasteiger charge is 2.44. The van der Waals surface area contributed by atoms with Gasteiger partial charge in [-0.05, 0) is 37.3 Å². The van der Waals surface area contributed by atoms with Crippen molar-refractivity contribution < 1.29 is 19.1 Å². The van der Waals surface area contributed by atoms with Gasteiger partial charge in [-0.3, -0.25) is 9.59 Å². The Kier molecular flexibility index (Phi) is 7.09. The van der Waals surface area contributed by atoms with Crippen molar-refractivity contribution in [3.63, 3.8) is 0 Å². The van der Waals surface area contributed by atoms with E-state index in [9.17, 15) is 9.59 Å². The van der Waals surface area contributed by atoms with Gasteiger partial charge in [0.2, 0.25) is 5.91 Å². The minimum absolute atomic E-state index is 0.0171. The lowest BCUT2D eigenvalue weighted by Crippen LogP contribution is -2.61. The topological polar surface area (TPSA) is 85.7 Å². The van der Waals surface area contributed by atoms with E-state index in [0.717, 1.165) is 37.3 Å². The van der Waals surface area contributed by atoms with E-state index in [1.165, 1.54) is 5.56 Å². The van der Waals surface area contributed by atoms with Crippen LogP contribution in [0.4, 0.5) is 0 Å². The van der Waals surface area contributed by atoms with Gasteiger partial charge < -0.3 is 24.3 Å². The Bertz CT molecular complexity index is 944. The van der Waals surface area contributed by atoms with Crippen molar-refractivity contribution in [2.75, 3.05) is 32.8 Å². The first-order valence-corrected chi connectivity index (χ1v) is 11.5. The summed E-state index contributed by atoms with van der Waals surface area (Å²) < 4.78 is 13.9. The van der Waals surface area contributed by atoms with Crippen LogP contribution in [0.25, 0.3) is 0 Å². The van der Waals surface area contributed by atoms with E-state index in [1.807, 2.05) is 35.9 Å². The van der Waals surface area contributed by atoms with Crippen molar-refractivity contribution in [1.29, 1.82) is 0 Å². The summed E-state index contributed by atoms with van der Waals surface area (Å²) >= 11 is 0. The molecule has 0 bridgehead atoms. The third-order valence-electron chi connectivity index (χ3n) is 6.27. The predicted octanol–water partition coefficient (Wildman–Crippen LogP) is 1.96. The molecule has 2 aliphatic rings. The number of para-hydroxylation sites is 1. The molecule has 0 saturated carbocycles. The lowest BCUT2D eigenvalue weighted by atomic mass is 9.91. The molecule has 1 saturated heterocycles. The zero-order chi connectivity index (χ0) is 22.4. The van der Waals surface area contributed by atoms with Gasteiger partial charge in [0.25, 0.3) is 5.91 Å². The molecule has 8 nitrogen and oxygen atoms in total. The molecule has 3 heterocycles. The van der Waals surface area contributed by atoms with Gasteiger partial charge in [0.15, 0.2) is 5.60 Å². The average molecular weight is 441 g/mol. The van der Waals surface area contributed by atoms with Crippen LogP contribution in [-0.2, 0) is 33.7 Å². The van der Waals surface area contributed by atoms with Crippen LogP contribution in [0.3, 0.4) is 0 Å². The number of ether oxygens (including phenoxy) is 2. The minimum Gasteiger partial charge on any atom is -0.491 e. The summed E-state index contributed by atoms with van der Waals surface area (Å²) in [5.41, 5.74) is 0.164. The van der Waals surface area contributed by atoms with Gasteiger partial charge in [0.1, 0.15) is 24.7 Å². The second-order valence-electron chi connectivity index (χ2n) is 8.40. The summed E-state index contributed by atoms with van der Waals surface area (Å²) in [6, 6.07) is 8.05. The Balaban J connectivity index is 1.45. The Labute approximate surface area is 188 Å². The standard InChI is InChI=1S/C24H32N4O4/c1-2-21-25-11-13-27(21)17-22(29)28-14-16-32-24(18-28)10-6-5-8-19-7-3-4-9-20(19)31-15-12-26-23(24)30/h3-4,7,9,11,13H,2,5-6,8,10,12,14-18H2,1H3,(H,26,30). The van der Waals surface area contributed by atoms with Gasteiger partial charge in [0, 0.05) is 25.4 Å². The van der Waals surface area contributed by atoms with Crippen molar-refractivity contribution in [2.45, 2.75) is 51.2 Å². The highest BCUT2D eigenvalue weighted by Crippen LogP contribution is 2.28. The molecular formula is C24H32N4O4. The molecule has 1 atom stereocenters. The molecule has 1 unspecified atom stereocenters. The SMILES string of the molecule is CCc1nccn1CC(=O)N1CCOC2(CCCCc3ccccc3OCCNC2=O)C1. The number of aromatic nitrogens is 2. The third kappa shape index (κ3) is 4.96. The van der Waals surface area contributed by atoms with Gasteiger partial charge in [-0.25, -0.2) is 4.98 Å².